The zero-order valence-electron chi connectivity index (χ0n) is 21.3. The molecular formula is C22H24I3N3O13. The molecule has 0 aliphatic heterocycles. The highest BCUT2D eigenvalue weighted by molar-refractivity contribution is 14.1. The summed E-state index contributed by atoms with van der Waals surface area (Å²) in [5.41, 5.74) is 0.382. The monoisotopic (exact) mass is 919 g/mol. The van der Waals surface area contributed by atoms with Gasteiger partial charge in [-0.1, -0.05) is 0 Å². The summed E-state index contributed by atoms with van der Waals surface area (Å²) in [6.07, 6.45) is -1.50. The lowest BCUT2D eigenvalue weighted by atomic mass is 10.1. The molecule has 2 N–H and O–H groups in total. The summed E-state index contributed by atoms with van der Waals surface area (Å²) in [6, 6.07) is 0. The van der Waals surface area contributed by atoms with E-state index in [1.807, 2.05) is 67.8 Å². The van der Waals surface area contributed by atoms with Crippen molar-refractivity contribution in [2.24, 2.45) is 0 Å². The molecule has 0 radical (unpaired) electrons. The summed E-state index contributed by atoms with van der Waals surface area (Å²) in [7, 11) is 2.84. The second kappa shape index (κ2) is 21.0. The molecule has 2 unspecified atom stereocenters. The summed E-state index contributed by atoms with van der Waals surface area (Å²) in [5, 5.41) is 9.41. The van der Waals surface area contributed by atoms with Gasteiger partial charge in [-0.3, -0.25) is 38.4 Å². The van der Waals surface area contributed by atoms with Crippen molar-refractivity contribution in [1.82, 2.24) is 9.80 Å². The number of hydrogen-bond acceptors (Lipinski definition) is 12. The molecule has 0 aliphatic rings. The second-order valence-electron chi connectivity index (χ2n) is 7.37. The van der Waals surface area contributed by atoms with Crippen LogP contribution in [0.3, 0.4) is 0 Å². The van der Waals surface area contributed by atoms with Gasteiger partial charge in [0.1, 0.15) is 13.2 Å². The molecule has 0 spiro atoms. The fourth-order valence-corrected chi connectivity index (χ4v) is 7.50. The van der Waals surface area contributed by atoms with E-state index in [2.05, 4.69) is 14.8 Å². The van der Waals surface area contributed by atoms with Crippen LogP contribution in [0.5, 0.6) is 0 Å². The average molecular weight is 919 g/mol. The van der Waals surface area contributed by atoms with Crippen LogP contribution in [0.2, 0.25) is 0 Å². The molecule has 2 atom stereocenters. The molecule has 0 bridgehead atoms. The van der Waals surface area contributed by atoms with E-state index in [9.17, 15) is 33.6 Å². The Labute approximate surface area is 274 Å². The standard InChI is InChI=1S/C21H22I3N3O11.CH2O2/c1-26(3-12(37-10-31)5-35-8-29)20(33)14-16(22)15(18(24)19(17(14)23)25-7-28)21(34)27(2)4-13(38-11-32)6-36-9-30;2-1-3/h7-13H,3-6H2,1-2H3,(H,25,28);1H,(H,2,3). The van der Waals surface area contributed by atoms with Crippen LogP contribution in [-0.2, 0) is 47.7 Å². The molecule has 0 aromatic heterocycles. The number of amides is 3. The second-order valence-corrected chi connectivity index (χ2v) is 10.6. The van der Waals surface area contributed by atoms with E-state index < -0.39 is 24.0 Å². The quantitative estimate of drug-likeness (QED) is 0.116. The molecule has 16 nitrogen and oxygen atoms in total. The molecule has 1 aromatic rings. The maximum Gasteiger partial charge on any atom is 0.293 e. The van der Waals surface area contributed by atoms with Crippen LogP contribution in [0.1, 0.15) is 20.7 Å². The zero-order chi connectivity index (χ0) is 31.5. The number of ether oxygens (including phenoxy) is 4. The van der Waals surface area contributed by atoms with Crippen molar-refractivity contribution in [1.29, 1.82) is 0 Å². The number of carboxylic acid groups (broad SMARTS) is 1. The van der Waals surface area contributed by atoms with Crippen LogP contribution in [0.4, 0.5) is 5.69 Å². The van der Waals surface area contributed by atoms with Crippen LogP contribution in [-0.4, -0.2) is 118 Å². The molecule has 0 heterocycles. The normalized spacial score (nSPS) is 11.1. The molecule has 0 aliphatic carbocycles. The van der Waals surface area contributed by atoms with E-state index in [0.29, 0.717) is 13.6 Å². The average Bonchev–Trinajstić information content (AvgIpc) is 2.93. The first-order valence-electron chi connectivity index (χ1n) is 10.8. The molecule has 3 amide bonds. The Morgan fingerprint density at radius 1 is 0.756 bits per heavy atom. The van der Waals surface area contributed by atoms with Crippen LogP contribution >= 0.6 is 67.8 Å². The maximum atomic E-state index is 13.5. The largest absolute Gasteiger partial charge is 0.483 e. The molecule has 226 valence electrons. The number of halogens is 3. The minimum Gasteiger partial charge on any atom is -0.483 e. The van der Waals surface area contributed by atoms with Gasteiger partial charge in [0, 0.05) is 17.7 Å². The Bertz CT molecular complexity index is 1030. The third-order valence-electron chi connectivity index (χ3n) is 4.79. The molecular weight excluding hydrogens is 895 g/mol. The van der Waals surface area contributed by atoms with Gasteiger partial charge < -0.3 is 39.2 Å². The van der Waals surface area contributed by atoms with Crippen molar-refractivity contribution in [3.63, 3.8) is 0 Å². The van der Waals surface area contributed by atoms with Gasteiger partial charge in [0.15, 0.2) is 12.2 Å². The highest BCUT2D eigenvalue weighted by Gasteiger charge is 2.32. The van der Waals surface area contributed by atoms with E-state index in [4.69, 9.17) is 19.4 Å². The van der Waals surface area contributed by atoms with Gasteiger partial charge in [0.25, 0.3) is 44.2 Å². The lowest BCUT2D eigenvalue weighted by Crippen LogP contribution is -2.40. The number of rotatable bonds is 18. The molecule has 19 heteroatoms. The number of benzene rings is 1. The first-order valence-corrected chi connectivity index (χ1v) is 14.0. The number of carbonyl (C=O) groups is 8. The van der Waals surface area contributed by atoms with Gasteiger partial charge in [-0.2, -0.15) is 0 Å². The van der Waals surface area contributed by atoms with E-state index >= 15 is 0 Å². The third-order valence-corrected chi connectivity index (χ3v) is 8.03. The molecule has 0 saturated heterocycles. The zero-order valence-corrected chi connectivity index (χ0v) is 27.8. The minimum atomic E-state index is -0.950. The smallest absolute Gasteiger partial charge is 0.293 e. The van der Waals surface area contributed by atoms with Gasteiger partial charge in [-0.25, -0.2) is 0 Å². The lowest BCUT2D eigenvalue weighted by molar-refractivity contribution is -0.143. The third kappa shape index (κ3) is 11.9. The van der Waals surface area contributed by atoms with Crippen molar-refractivity contribution in [2.45, 2.75) is 12.2 Å². The summed E-state index contributed by atoms with van der Waals surface area (Å²) in [4.78, 5) is 91.8. The Kier molecular flexibility index (Phi) is 19.5. The van der Waals surface area contributed by atoms with E-state index in [1.54, 1.807) is 0 Å². The lowest BCUT2D eigenvalue weighted by Gasteiger charge is -2.27. The van der Waals surface area contributed by atoms with Gasteiger partial charge in [0.2, 0.25) is 6.41 Å². The van der Waals surface area contributed by atoms with E-state index in [1.165, 1.54) is 23.9 Å². The predicted molar refractivity (Wildman–Crippen MR) is 163 cm³/mol. The summed E-state index contributed by atoms with van der Waals surface area (Å²) >= 11 is 5.58. The number of likely N-dealkylation sites (N-methyl/N-ethyl adjacent to an activating group) is 2. The van der Waals surface area contributed by atoms with Gasteiger partial charge in [-0.15, -0.1) is 0 Å². The van der Waals surface area contributed by atoms with Crippen LogP contribution in [0.25, 0.3) is 0 Å². The topological polar surface area (TPSA) is 212 Å². The predicted octanol–water partition coefficient (Wildman–Crippen LogP) is 0.343. The number of nitrogens with zero attached hydrogens (tertiary/aromatic N) is 2. The first kappa shape index (κ1) is 38.2. The van der Waals surface area contributed by atoms with Crippen LogP contribution in [0, 0.1) is 10.7 Å². The molecule has 0 fully saturated rings. The van der Waals surface area contributed by atoms with Crippen LogP contribution in [0.15, 0.2) is 0 Å². The van der Waals surface area contributed by atoms with Crippen molar-refractivity contribution >= 4 is 124 Å². The van der Waals surface area contributed by atoms with E-state index in [0.717, 1.165) is 0 Å². The summed E-state index contributed by atoms with van der Waals surface area (Å²) < 4.78 is 20.0. The Morgan fingerprint density at radius 3 is 1.41 bits per heavy atom. The van der Waals surface area contributed by atoms with E-state index in [-0.39, 0.29) is 79.0 Å². The van der Waals surface area contributed by atoms with Crippen molar-refractivity contribution in [2.75, 3.05) is 45.7 Å². The van der Waals surface area contributed by atoms with Crippen molar-refractivity contribution < 1.29 is 62.4 Å². The molecule has 1 rings (SSSR count). The minimum absolute atomic E-state index is 0.0846. The van der Waals surface area contributed by atoms with Gasteiger partial charge in [0.05, 0.1) is 37.0 Å². The fraction of sp³-hybridized carbons (Fsp3) is 0.364. The molecule has 1 aromatic carbocycles. The maximum absolute atomic E-state index is 13.5. The van der Waals surface area contributed by atoms with Crippen molar-refractivity contribution in [3.8, 4) is 0 Å². The number of nitrogens with one attached hydrogen (secondary N) is 1. The molecule has 0 saturated carbocycles. The van der Waals surface area contributed by atoms with Gasteiger partial charge >= 0.3 is 0 Å². The number of hydrogen-bond donors (Lipinski definition) is 2. The summed E-state index contributed by atoms with van der Waals surface area (Å²) in [6.45, 7) is -0.442. The highest BCUT2D eigenvalue weighted by Crippen LogP contribution is 2.36. The number of anilines is 1. The van der Waals surface area contributed by atoms with Crippen LogP contribution < -0.4 is 5.32 Å². The molecule has 41 heavy (non-hydrogen) atoms. The van der Waals surface area contributed by atoms with Crippen molar-refractivity contribution in [3.05, 3.63) is 21.8 Å². The first-order chi connectivity index (χ1) is 19.5. The number of carbonyl (C=O) groups excluding carboxylic acids is 7. The Balaban J connectivity index is 0.00000509. The SMILES string of the molecule is CN(CC(COC=O)OC=O)C(=O)c1c(I)c(NC=O)c(I)c(C(=O)N(C)CC(COC=O)OC=O)c1I.O=CO. The summed E-state index contributed by atoms with van der Waals surface area (Å²) in [5.74, 6) is -1.15. The fourth-order valence-electron chi connectivity index (χ4n) is 3.10. The Morgan fingerprint density at radius 2 is 1.12 bits per heavy atom. The van der Waals surface area contributed by atoms with Gasteiger partial charge in [-0.05, 0) is 67.8 Å². The highest BCUT2D eigenvalue weighted by atomic mass is 127. The Hall–Kier alpha value is -2.83.